The van der Waals surface area contributed by atoms with Gasteiger partial charge in [-0.15, -0.1) is 0 Å². The number of halogens is 2. The molecule has 0 heterocycles. The molecular weight excluding hydrogens is 360 g/mol. The van der Waals surface area contributed by atoms with Gasteiger partial charge in [0.1, 0.15) is 18.4 Å². The van der Waals surface area contributed by atoms with Crippen LogP contribution in [0.3, 0.4) is 0 Å². The van der Waals surface area contributed by atoms with E-state index in [2.05, 4.69) is 15.9 Å². The predicted octanol–water partition coefficient (Wildman–Crippen LogP) is 4.46. The minimum Gasteiger partial charge on any atom is -0.487 e. The molecule has 0 atom stereocenters. The highest BCUT2D eigenvalue weighted by atomic mass is 79.9. The monoisotopic (exact) mass is 366 g/mol. The smallest absolute Gasteiger partial charge is 0.276 e. The van der Waals surface area contributed by atoms with Crippen molar-refractivity contribution in [3.05, 3.63) is 67.1 Å². The van der Waals surface area contributed by atoms with E-state index in [1.807, 2.05) is 6.07 Å². The number of benzene rings is 2. The largest absolute Gasteiger partial charge is 0.487 e. The lowest BCUT2D eigenvalue weighted by Gasteiger charge is -2.09. The van der Waals surface area contributed by atoms with Gasteiger partial charge in [0.25, 0.3) is 5.69 Å². The Hall–Kier alpha value is -2.10. The van der Waals surface area contributed by atoms with E-state index in [0.29, 0.717) is 21.9 Å². The molecule has 2 rings (SSSR count). The van der Waals surface area contributed by atoms with Gasteiger partial charge in [0.05, 0.1) is 16.1 Å². The molecule has 0 N–H and O–H groups in total. The molecule has 0 unspecified atom stereocenters. The van der Waals surface area contributed by atoms with Crippen LogP contribution >= 0.6 is 27.5 Å². The second kappa shape index (κ2) is 6.57. The maximum Gasteiger partial charge on any atom is 0.276 e. The molecular formula is C14H8BrClN2O3. The van der Waals surface area contributed by atoms with Crippen LogP contribution in [-0.2, 0) is 6.61 Å². The highest BCUT2D eigenvalue weighted by Crippen LogP contribution is 2.27. The van der Waals surface area contributed by atoms with Gasteiger partial charge in [-0.2, -0.15) is 5.26 Å². The zero-order valence-corrected chi connectivity index (χ0v) is 12.9. The van der Waals surface area contributed by atoms with Crippen molar-refractivity contribution in [1.29, 1.82) is 5.26 Å². The minimum absolute atomic E-state index is 0.0484. The van der Waals surface area contributed by atoms with Crippen molar-refractivity contribution < 1.29 is 9.66 Å². The molecule has 7 heteroatoms. The standard InChI is InChI=1S/C14H8BrClN2O3/c15-11-1-4-14(9(5-11)7-17)21-8-10-6-12(16)2-3-13(10)18(19)20/h1-6H,8H2. The summed E-state index contributed by atoms with van der Waals surface area (Å²) in [6.45, 7) is -0.0484. The van der Waals surface area contributed by atoms with Crippen molar-refractivity contribution in [2.45, 2.75) is 6.61 Å². The van der Waals surface area contributed by atoms with Crippen LogP contribution in [0.1, 0.15) is 11.1 Å². The van der Waals surface area contributed by atoms with E-state index in [0.717, 1.165) is 4.47 Å². The summed E-state index contributed by atoms with van der Waals surface area (Å²) in [7, 11) is 0. The van der Waals surface area contributed by atoms with Gasteiger partial charge < -0.3 is 4.74 Å². The summed E-state index contributed by atoms with van der Waals surface area (Å²) in [5, 5.41) is 20.4. The Kier molecular flexibility index (Phi) is 4.78. The Morgan fingerprint density at radius 2 is 2.10 bits per heavy atom. The summed E-state index contributed by atoms with van der Waals surface area (Å²) >= 11 is 9.11. The molecule has 0 bridgehead atoms. The van der Waals surface area contributed by atoms with Crippen molar-refractivity contribution in [2.75, 3.05) is 0 Å². The van der Waals surface area contributed by atoms with Crippen LogP contribution in [0, 0.1) is 21.4 Å². The molecule has 0 spiro atoms. The van der Waals surface area contributed by atoms with E-state index in [1.54, 1.807) is 18.2 Å². The summed E-state index contributed by atoms with van der Waals surface area (Å²) in [4.78, 5) is 10.5. The number of nitro groups is 1. The maximum atomic E-state index is 11.0. The van der Waals surface area contributed by atoms with E-state index >= 15 is 0 Å². The van der Waals surface area contributed by atoms with E-state index < -0.39 is 4.92 Å². The molecule has 106 valence electrons. The molecule has 0 amide bonds. The molecule has 5 nitrogen and oxygen atoms in total. The first kappa shape index (κ1) is 15.3. The van der Waals surface area contributed by atoms with Gasteiger partial charge in [-0.05, 0) is 30.3 Å². The fourth-order valence-electron chi connectivity index (χ4n) is 1.72. The molecule has 0 saturated carbocycles. The molecule has 2 aromatic rings. The van der Waals surface area contributed by atoms with Gasteiger partial charge in [0.15, 0.2) is 0 Å². The summed E-state index contributed by atoms with van der Waals surface area (Å²) in [5.74, 6) is 0.356. The summed E-state index contributed by atoms with van der Waals surface area (Å²) in [6, 6.07) is 11.2. The molecule has 0 aliphatic heterocycles. The van der Waals surface area contributed by atoms with Gasteiger partial charge >= 0.3 is 0 Å². The van der Waals surface area contributed by atoms with E-state index in [-0.39, 0.29) is 12.3 Å². The average Bonchev–Trinajstić information content (AvgIpc) is 2.45. The SMILES string of the molecule is N#Cc1cc(Br)ccc1OCc1cc(Cl)ccc1[N+](=O)[O-]. The Morgan fingerprint density at radius 1 is 1.33 bits per heavy atom. The van der Waals surface area contributed by atoms with Gasteiger partial charge in [-0.1, -0.05) is 27.5 Å². The van der Waals surface area contributed by atoms with Crippen molar-refractivity contribution >= 4 is 33.2 Å². The van der Waals surface area contributed by atoms with E-state index in [9.17, 15) is 10.1 Å². The first-order chi connectivity index (χ1) is 10.0. The number of hydrogen-bond donors (Lipinski definition) is 0. The minimum atomic E-state index is -0.498. The molecule has 0 fully saturated rings. The van der Waals surface area contributed by atoms with E-state index in [4.69, 9.17) is 21.6 Å². The predicted molar refractivity (Wildman–Crippen MR) is 81.3 cm³/mol. The highest BCUT2D eigenvalue weighted by Gasteiger charge is 2.15. The van der Waals surface area contributed by atoms with Gasteiger partial charge in [0, 0.05) is 15.6 Å². The fraction of sp³-hybridized carbons (Fsp3) is 0.0714. The topological polar surface area (TPSA) is 76.2 Å². The normalized spacial score (nSPS) is 9.95. The van der Waals surface area contributed by atoms with Crippen molar-refractivity contribution in [1.82, 2.24) is 0 Å². The lowest BCUT2D eigenvalue weighted by atomic mass is 10.2. The molecule has 0 aromatic heterocycles. The maximum absolute atomic E-state index is 11.0. The fourth-order valence-corrected chi connectivity index (χ4v) is 2.27. The van der Waals surface area contributed by atoms with Crippen LogP contribution in [-0.4, -0.2) is 4.92 Å². The number of rotatable bonds is 4. The second-order valence-corrected chi connectivity index (χ2v) is 5.42. The Bertz CT molecular complexity index is 743. The summed E-state index contributed by atoms with van der Waals surface area (Å²) < 4.78 is 6.26. The molecule has 21 heavy (non-hydrogen) atoms. The van der Waals surface area contributed by atoms with Crippen molar-refractivity contribution in [2.24, 2.45) is 0 Å². The third-order valence-electron chi connectivity index (χ3n) is 2.68. The second-order valence-electron chi connectivity index (χ2n) is 4.07. The number of nitrogens with zero attached hydrogens (tertiary/aromatic N) is 2. The Balaban J connectivity index is 2.27. The molecule has 0 radical (unpaired) electrons. The highest BCUT2D eigenvalue weighted by molar-refractivity contribution is 9.10. The number of hydrogen-bond acceptors (Lipinski definition) is 4. The lowest BCUT2D eigenvalue weighted by Crippen LogP contribution is -2.01. The number of nitro benzene ring substituents is 1. The van der Waals surface area contributed by atoms with Crippen LogP contribution < -0.4 is 4.74 Å². The Labute approximate surface area is 134 Å². The first-order valence-corrected chi connectivity index (χ1v) is 6.93. The van der Waals surface area contributed by atoms with Crippen LogP contribution in [0.5, 0.6) is 5.75 Å². The molecule has 0 aliphatic rings. The van der Waals surface area contributed by atoms with Gasteiger partial charge in [-0.3, -0.25) is 10.1 Å². The number of ether oxygens (including phenoxy) is 1. The Morgan fingerprint density at radius 3 is 2.76 bits per heavy atom. The van der Waals surface area contributed by atoms with Crippen LogP contribution in [0.15, 0.2) is 40.9 Å². The zero-order chi connectivity index (χ0) is 15.4. The molecule has 0 aliphatic carbocycles. The average molecular weight is 368 g/mol. The lowest BCUT2D eigenvalue weighted by molar-refractivity contribution is -0.385. The van der Waals surface area contributed by atoms with Crippen LogP contribution in [0.25, 0.3) is 0 Å². The van der Waals surface area contributed by atoms with Crippen molar-refractivity contribution in [3.8, 4) is 11.8 Å². The van der Waals surface area contributed by atoms with E-state index in [1.165, 1.54) is 18.2 Å². The summed E-state index contributed by atoms with van der Waals surface area (Å²) in [5.41, 5.74) is 0.614. The first-order valence-electron chi connectivity index (χ1n) is 5.76. The quantitative estimate of drug-likeness (QED) is 0.590. The third kappa shape index (κ3) is 3.72. The molecule has 0 saturated heterocycles. The summed E-state index contributed by atoms with van der Waals surface area (Å²) in [6.07, 6.45) is 0. The van der Waals surface area contributed by atoms with Crippen LogP contribution in [0.2, 0.25) is 5.02 Å². The van der Waals surface area contributed by atoms with Gasteiger partial charge in [-0.25, -0.2) is 0 Å². The molecule has 2 aromatic carbocycles. The van der Waals surface area contributed by atoms with Crippen molar-refractivity contribution in [3.63, 3.8) is 0 Å². The zero-order valence-electron chi connectivity index (χ0n) is 10.5. The third-order valence-corrected chi connectivity index (χ3v) is 3.41. The van der Waals surface area contributed by atoms with Crippen LogP contribution in [0.4, 0.5) is 5.69 Å². The van der Waals surface area contributed by atoms with Gasteiger partial charge in [0.2, 0.25) is 0 Å². The number of nitriles is 1.